The number of rotatable bonds is 41. The first-order chi connectivity index (χ1) is 47.2. The van der Waals surface area contributed by atoms with Crippen LogP contribution in [0, 0.1) is 0 Å². The van der Waals surface area contributed by atoms with Crippen molar-refractivity contribution in [2.45, 2.75) is 164 Å². The Bertz CT molecular complexity index is 3280. The third kappa shape index (κ3) is 24.9. The van der Waals surface area contributed by atoms with Crippen molar-refractivity contribution in [1.29, 1.82) is 0 Å². The van der Waals surface area contributed by atoms with Crippen molar-refractivity contribution in [2.75, 3.05) is 70.5 Å². The number of anilines is 1. The monoisotopic (exact) mass is 1380 g/mol. The second kappa shape index (κ2) is 40.2. The molecular formula is C65H101N21O13. The number of benzene rings is 3. The summed E-state index contributed by atoms with van der Waals surface area (Å²) in [6.45, 7) is 4.21. The molecule has 0 radical (unpaired) electrons. The number of guanidine groups is 2. The highest BCUT2D eigenvalue weighted by Gasteiger charge is 2.54. The molecule has 0 aromatic heterocycles. The van der Waals surface area contributed by atoms with Crippen molar-refractivity contribution in [3.63, 3.8) is 0 Å². The summed E-state index contributed by atoms with van der Waals surface area (Å²) in [4.78, 5) is 164. The number of aliphatic hydroxyl groups is 2. The quantitative estimate of drug-likeness (QED) is 0.0143. The summed E-state index contributed by atoms with van der Waals surface area (Å²) >= 11 is 0. The highest BCUT2D eigenvalue weighted by Crippen LogP contribution is 2.40. The van der Waals surface area contributed by atoms with Gasteiger partial charge in [-0.25, -0.2) is 0 Å². The summed E-state index contributed by atoms with van der Waals surface area (Å²) < 4.78 is 0. The second-order valence-corrected chi connectivity index (χ2v) is 24.7. The topological polar surface area (TPSA) is 553 Å². The van der Waals surface area contributed by atoms with Crippen LogP contribution in [0.1, 0.15) is 103 Å². The molecule has 5 rings (SSSR count). The number of para-hydroxylation sites is 1. The van der Waals surface area contributed by atoms with E-state index in [2.05, 4.69) is 87.0 Å². The Morgan fingerprint density at radius 1 is 0.545 bits per heavy atom. The number of primary amides is 1. The fourth-order valence-corrected chi connectivity index (χ4v) is 11.6. The van der Waals surface area contributed by atoms with Crippen LogP contribution in [-0.2, 0) is 59.3 Å². The molecule has 3 aromatic rings. The Kier molecular flexibility index (Phi) is 32.5. The molecule has 0 unspecified atom stereocenters. The van der Waals surface area contributed by atoms with E-state index in [1.165, 1.54) is 31.2 Å². The average Bonchev–Trinajstić information content (AvgIpc) is 1.60. The van der Waals surface area contributed by atoms with Crippen LogP contribution in [0.15, 0.2) is 82.8 Å². The summed E-state index contributed by atoms with van der Waals surface area (Å²) in [6, 6.07) is 12.6. The Labute approximate surface area is 575 Å². The van der Waals surface area contributed by atoms with Crippen LogP contribution < -0.4 is 92.9 Å². The Morgan fingerprint density at radius 2 is 1.03 bits per heavy atom. The van der Waals surface area contributed by atoms with Crippen molar-refractivity contribution >= 4 is 93.4 Å². The molecule has 25 N–H and O–H groups in total. The lowest BCUT2D eigenvalue weighted by Gasteiger charge is -2.43. The number of aliphatic imine (C=N–C) groups is 2. The lowest BCUT2D eigenvalue weighted by atomic mass is 9.85. The standard InChI is InChI=1S/C65H101N21O13/c1-39(76-51(89)34-75-61(98)53(41(3)88)83-52(90)36-85-38-86(44-19-5-4-6-20-44)65(62(85)99)26-32-84(33-27-65)35-43-18-13-17-42-16-7-8-21-45(42)43)55(92)79-49(25-15-31-74-64(71)72)58(95)81-47(23-10-12-29-67)59(96)82-50(37-87)60(97)77-40(2)56(93)80-48(24-14-30-73-63(69)70)57(94)78-46(54(68)91)22-9-11-28-66/h4-8,13,16-21,39-41,46-50,53,87-88H,9-12,14-15,22-38,66-67H2,1-3H3,(H2,68,91)(H,75,98)(H,76,89)(H,77,97)(H,78,94)(H,79,92)(H,80,93)(H,81,95)(H,82,96)(H,83,90)(H4,69,70,73)(H4,71,72,74)/t39-,40-,41+,46-,47-,48-,49-,50-,53-/m0/s1. The fourth-order valence-electron chi connectivity index (χ4n) is 11.6. The maximum atomic E-state index is 14.6. The third-order valence-electron chi connectivity index (χ3n) is 17.1. The van der Waals surface area contributed by atoms with E-state index >= 15 is 0 Å². The van der Waals surface area contributed by atoms with Gasteiger partial charge >= 0.3 is 0 Å². The van der Waals surface area contributed by atoms with Gasteiger partial charge in [-0.15, -0.1) is 0 Å². The first kappa shape index (κ1) is 79.9. The number of nitrogens with two attached hydrogens (primary N) is 7. The number of unbranched alkanes of at least 4 members (excludes halogenated alkanes) is 2. The predicted molar refractivity (Wildman–Crippen MR) is 370 cm³/mol. The van der Waals surface area contributed by atoms with Crippen molar-refractivity contribution in [3.05, 3.63) is 78.4 Å². The molecule has 2 aliphatic rings. The largest absolute Gasteiger partial charge is 0.394 e. The maximum Gasteiger partial charge on any atom is 0.250 e. The van der Waals surface area contributed by atoms with E-state index in [1.54, 1.807) is 0 Å². The van der Waals surface area contributed by atoms with E-state index in [4.69, 9.17) is 40.1 Å². The molecule has 2 saturated heterocycles. The van der Waals surface area contributed by atoms with Crippen LogP contribution in [0.3, 0.4) is 0 Å². The number of aliphatic hydroxyl groups excluding tert-OH is 2. The summed E-state index contributed by atoms with van der Waals surface area (Å²) in [6.07, 6.45) is 1.41. The number of carbonyl (C=O) groups is 11. The van der Waals surface area contributed by atoms with Crippen molar-refractivity contribution in [3.8, 4) is 0 Å². The van der Waals surface area contributed by atoms with Gasteiger partial charge in [-0.3, -0.25) is 67.6 Å². The Morgan fingerprint density at radius 3 is 1.57 bits per heavy atom. The number of carbonyl (C=O) groups excluding carboxylic acids is 11. The van der Waals surface area contributed by atoms with Gasteiger partial charge in [0.15, 0.2) is 11.9 Å². The molecule has 34 nitrogen and oxygen atoms in total. The number of fused-ring (bicyclic) bond motifs is 1. The zero-order valence-corrected chi connectivity index (χ0v) is 56.6. The van der Waals surface area contributed by atoms with Crippen LogP contribution in [0.25, 0.3) is 10.8 Å². The van der Waals surface area contributed by atoms with Crippen molar-refractivity contribution in [2.24, 2.45) is 50.1 Å². The molecule has 0 saturated carbocycles. The highest BCUT2D eigenvalue weighted by molar-refractivity contribution is 6.00. The lowest BCUT2D eigenvalue weighted by molar-refractivity contribution is -0.138. The van der Waals surface area contributed by atoms with E-state index in [0.717, 1.165) is 16.5 Å². The van der Waals surface area contributed by atoms with Gasteiger partial charge in [-0.1, -0.05) is 60.7 Å². The summed E-state index contributed by atoms with van der Waals surface area (Å²) in [5.41, 5.74) is 39.8. The number of hydrogen-bond donors (Lipinski definition) is 18. The molecule has 1 spiro atoms. The molecule has 0 bridgehead atoms. The molecule has 3 aromatic carbocycles. The SMILES string of the molecule is C[C@H](NC(=O)CNC(=O)[C@@H](NC(=O)CN1CN(c2ccccc2)C2(CCN(Cc3cccc4ccccc34)CC2)C1=O)[C@@H](C)O)C(=O)N[C@@H](CCCN=C(N)N)C(=O)N[C@@H](CCCCN)C(=O)N[C@@H](CO)C(=O)N[C@@H](C)C(=O)N[C@@H](CCCN=C(N)N)C(=O)N[C@@H](CCCCN)C(N)=O. The fraction of sp³-hybridized carbons (Fsp3) is 0.554. The molecule has 9 atom stereocenters. The van der Waals surface area contributed by atoms with E-state index in [1.807, 2.05) is 53.4 Å². The number of hydrogen-bond acceptors (Lipinski definition) is 19. The lowest BCUT2D eigenvalue weighted by Crippen LogP contribution is -2.60. The smallest absolute Gasteiger partial charge is 0.250 e. The Balaban J connectivity index is 1.17. The van der Waals surface area contributed by atoms with E-state index < -0.39 is 139 Å². The second-order valence-electron chi connectivity index (χ2n) is 24.7. The van der Waals surface area contributed by atoms with Gasteiger partial charge in [-0.05, 0) is 139 Å². The average molecular weight is 1380 g/mol. The minimum atomic E-state index is -1.71. The van der Waals surface area contributed by atoms with Crippen LogP contribution in [0.2, 0.25) is 0 Å². The highest BCUT2D eigenvalue weighted by atomic mass is 16.3. The number of nitrogens with zero attached hydrogens (tertiary/aromatic N) is 5. The number of nitrogens with one attached hydrogen (secondary N) is 9. The minimum absolute atomic E-state index is 0.00175. The van der Waals surface area contributed by atoms with Crippen molar-refractivity contribution in [1.82, 2.24) is 57.7 Å². The molecule has 99 heavy (non-hydrogen) atoms. The number of amides is 11. The summed E-state index contributed by atoms with van der Waals surface area (Å²) in [7, 11) is 0. The molecule has 11 amide bonds. The van der Waals surface area contributed by atoms with Crippen LogP contribution >= 0.6 is 0 Å². The van der Waals surface area contributed by atoms with E-state index in [9.17, 15) is 63.0 Å². The van der Waals surface area contributed by atoms with E-state index in [0.29, 0.717) is 58.3 Å². The van der Waals surface area contributed by atoms with Crippen molar-refractivity contribution < 1.29 is 63.0 Å². The zero-order valence-electron chi connectivity index (χ0n) is 56.6. The molecule has 0 aliphatic carbocycles. The van der Waals surface area contributed by atoms with Crippen LogP contribution in [0.5, 0.6) is 0 Å². The van der Waals surface area contributed by atoms with Gasteiger partial charge in [-0.2, -0.15) is 0 Å². The molecule has 544 valence electrons. The van der Waals surface area contributed by atoms with Gasteiger partial charge < -0.3 is 108 Å². The molecule has 2 aliphatic heterocycles. The molecule has 2 heterocycles. The summed E-state index contributed by atoms with van der Waals surface area (Å²) in [5.74, 6) is -9.59. The zero-order chi connectivity index (χ0) is 72.8. The normalized spacial score (nSPS) is 16.2. The van der Waals surface area contributed by atoms with E-state index in [-0.39, 0.29) is 89.1 Å². The first-order valence-corrected chi connectivity index (χ1v) is 33.3. The molecule has 2 fully saturated rings. The van der Waals surface area contributed by atoms with Gasteiger partial charge in [0.05, 0.1) is 25.9 Å². The maximum absolute atomic E-state index is 14.6. The molecule has 34 heteroatoms. The minimum Gasteiger partial charge on any atom is -0.394 e. The predicted octanol–water partition coefficient (Wildman–Crippen LogP) is -5.26. The Hall–Kier alpha value is -9.77. The van der Waals surface area contributed by atoms with Gasteiger partial charge in [0, 0.05) is 38.4 Å². The third-order valence-corrected chi connectivity index (χ3v) is 17.1. The molecular weight excluding hydrogens is 1280 g/mol. The van der Waals surface area contributed by atoms with Crippen LogP contribution in [-0.4, -0.2) is 223 Å². The van der Waals surface area contributed by atoms with Gasteiger partial charge in [0.25, 0.3) is 0 Å². The number of piperidine rings is 1. The summed E-state index contributed by atoms with van der Waals surface area (Å²) in [5, 5.41) is 45.7. The first-order valence-electron chi connectivity index (χ1n) is 33.3. The van der Waals surface area contributed by atoms with Crippen LogP contribution in [0.4, 0.5) is 5.69 Å². The van der Waals surface area contributed by atoms with Gasteiger partial charge in [0.1, 0.15) is 60.4 Å². The van der Waals surface area contributed by atoms with Gasteiger partial charge in [0.2, 0.25) is 65.0 Å². The number of likely N-dealkylation sites (tertiary alicyclic amines) is 1.